The van der Waals surface area contributed by atoms with Gasteiger partial charge in [0.1, 0.15) is 6.04 Å². The quantitative estimate of drug-likeness (QED) is 0.881. The Labute approximate surface area is 124 Å². The number of carboxylic acids is 1. The molecule has 5 nitrogen and oxygen atoms in total. The second-order valence-corrected chi connectivity index (χ2v) is 4.86. The van der Waals surface area contributed by atoms with Crippen molar-refractivity contribution >= 4 is 24.3 Å². The SMILES string of the molecule is Cl.NC(=O)C1CCN(C(C(=O)O)c2ccccc2)CC1. The molecule has 1 unspecified atom stereocenters. The third-order valence-electron chi connectivity index (χ3n) is 3.65. The van der Waals surface area contributed by atoms with Crippen molar-refractivity contribution in [3.63, 3.8) is 0 Å². The molecule has 1 aliphatic heterocycles. The highest BCUT2D eigenvalue weighted by Crippen LogP contribution is 2.27. The lowest BCUT2D eigenvalue weighted by Crippen LogP contribution is -2.42. The maximum Gasteiger partial charge on any atom is 0.325 e. The van der Waals surface area contributed by atoms with Crippen LogP contribution in [0.4, 0.5) is 0 Å². The molecule has 0 spiro atoms. The first-order valence-corrected chi connectivity index (χ1v) is 6.40. The van der Waals surface area contributed by atoms with Gasteiger partial charge in [0.15, 0.2) is 0 Å². The van der Waals surface area contributed by atoms with Crippen LogP contribution in [-0.4, -0.2) is 35.0 Å². The van der Waals surface area contributed by atoms with Crippen LogP contribution < -0.4 is 5.73 Å². The van der Waals surface area contributed by atoms with Gasteiger partial charge < -0.3 is 10.8 Å². The van der Waals surface area contributed by atoms with E-state index in [1.807, 2.05) is 35.2 Å². The number of rotatable bonds is 4. The fourth-order valence-corrected chi connectivity index (χ4v) is 2.59. The molecule has 3 N–H and O–H groups in total. The number of primary amides is 1. The van der Waals surface area contributed by atoms with Crippen molar-refractivity contribution in [2.75, 3.05) is 13.1 Å². The zero-order valence-corrected chi connectivity index (χ0v) is 11.9. The van der Waals surface area contributed by atoms with Crippen molar-refractivity contribution in [2.45, 2.75) is 18.9 Å². The number of nitrogens with two attached hydrogens (primary N) is 1. The second-order valence-electron chi connectivity index (χ2n) is 4.86. The van der Waals surface area contributed by atoms with E-state index >= 15 is 0 Å². The zero-order valence-electron chi connectivity index (χ0n) is 11.1. The van der Waals surface area contributed by atoms with Crippen LogP contribution >= 0.6 is 12.4 Å². The summed E-state index contributed by atoms with van der Waals surface area (Å²) in [6.07, 6.45) is 1.26. The van der Waals surface area contributed by atoms with Gasteiger partial charge in [0, 0.05) is 19.0 Å². The largest absolute Gasteiger partial charge is 0.480 e. The van der Waals surface area contributed by atoms with Crippen LogP contribution in [0.3, 0.4) is 0 Å². The van der Waals surface area contributed by atoms with E-state index in [1.165, 1.54) is 0 Å². The van der Waals surface area contributed by atoms with Gasteiger partial charge in [-0.05, 0) is 18.4 Å². The topological polar surface area (TPSA) is 83.6 Å². The molecule has 1 fully saturated rings. The number of carbonyl (C=O) groups excluding carboxylic acids is 1. The number of halogens is 1. The third-order valence-corrected chi connectivity index (χ3v) is 3.65. The molecule has 1 atom stereocenters. The van der Waals surface area contributed by atoms with Gasteiger partial charge in [-0.2, -0.15) is 0 Å². The van der Waals surface area contributed by atoms with Crippen LogP contribution in [0.15, 0.2) is 30.3 Å². The van der Waals surface area contributed by atoms with E-state index in [-0.39, 0.29) is 24.2 Å². The Morgan fingerprint density at radius 3 is 2.20 bits per heavy atom. The normalized spacial score (nSPS) is 18.0. The average molecular weight is 299 g/mol. The standard InChI is InChI=1S/C14H18N2O3.ClH/c15-13(17)11-6-8-16(9-7-11)12(14(18)19)10-4-2-1-3-5-10;/h1-5,11-12H,6-9H2,(H2,15,17)(H,18,19);1H. The fraction of sp³-hybridized carbons (Fsp3) is 0.429. The van der Waals surface area contributed by atoms with Gasteiger partial charge >= 0.3 is 5.97 Å². The van der Waals surface area contributed by atoms with Gasteiger partial charge in [-0.25, -0.2) is 0 Å². The van der Waals surface area contributed by atoms with Crippen LogP contribution in [0.2, 0.25) is 0 Å². The number of carbonyl (C=O) groups is 2. The number of carboxylic acid groups (broad SMARTS) is 1. The first-order chi connectivity index (χ1) is 9.09. The molecule has 1 aromatic rings. The van der Waals surface area contributed by atoms with Crippen LogP contribution in [0.25, 0.3) is 0 Å². The second kappa shape index (κ2) is 7.26. The summed E-state index contributed by atoms with van der Waals surface area (Å²) in [7, 11) is 0. The molecule has 1 saturated heterocycles. The molecule has 1 aromatic carbocycles. The third kappa shape index (κ3) is 3.71. The van der Waals surface area contributed by atoms with E-state index in [4.69, 9.17) is 5.73 Å². The number of amides is 1. The van der Waals surface area contributed by atoms with Crippen molar-refractivity contribution in [3.8, 4) is 0 Å². The minimum Gasteiger partial charge on any atom is -0.480 e. The Hall–Kier alpha value is -1.59. The molecule has 0 saturated carbocycles. The Bertz CT molecular complexity index is 459. The minimum absolute atomic E-state index is 0. The lowest BCUT2D eigenvalue weighted by Gasteiger charge is -2.34. The summed E-state index contributed by atoms with van der Waals surface area (Å²) in [6.45, 7) is 1.17. The van der Waals surface area contributed by atoms with Crippen molar-refractivity contribution < 1.29 is 14.7 Å². The van der Waals surface area contributed by atoms with Crippen molar-refractivity contribution in [2.24, 2.45) is 11.7 Å². The number of nitrogens with zero attached hydrogens (tertiary/aromatic N) is 1. The molecule has 6 heteroatoms. The molecule has 2 rings (SSSR count). The molecule has 0 bridgehead atoms. The van der Waals surface area contributed by atoms with Crippen molar-refractivity contribution in [1.82, 2.24) is 4.90 Å². The van der Waals surface area contributed by atoms with Gasteiger partial charge in [-0.1, -0.05) is 30.3 Å². The van der Waals surface area contributed by atoms with Crippen LogP contribution in [0.1, 0.15) is 24.4 Å². The van der Waals surface area contributed by atoms with Crippen molar-refractivity contribution in [1.29, 1.82) is 0 Å². The molecule has 1 amide bonds. The predicted molar refractivity (Wildman–Crippen MR) is 77.6 cm³/mol. The highest BCUT2D eigenvalue weighted by Gasteiger charge is 2.32. The Morgan fingerprint density at radius 2 is 1.75 bits per heavy atom. The smallest absolute Gasteiger partial charge is 0.325 e. The van der Waals surface area contributed by atoms with Gasteiger partial charge in [0.25, 0.3) is 0 Å². The lowest BCUT2D eigenvalue weighted by molar-refractivity contribution is -0.144. The Kier molecular flexibility index (Phi) is 5.98. The molecule has 20 heavy (non-hydrogen) atoms. The molecule has 0 aliphatic carbocycles. The number of likely N-dealkylation sites (tertiary alicyclic amines) is 1. The summed E-state index contributed by atoms with van der Waals surface area (Å²) < 4.78 is 0. The van der Waals surface area contributed by atoms with E-state index in [1.54, 1.807) is 0 Å². The average Bonchev–Trinajstić information content (AvgIpc) is 2.40. The summed E-state index contributed by atoms with van der Waals surface area (Å²) in [5.41, 5.74) is 6.06. The maximum atomic E-state index is 11.5. The minimum atomic E-state index is -0.858. The highest BCUT2D eigenvalue weighted by molar-refractivity contribution is 5.85. The lowest BCUT2D eigenvalue weighted by atomic mass is 9.94. The van der Waals surface area contributed by atoms with E-state index in [0.29, 0.717) is 25.9 Å². The maximum absolute atomic E-state index is 11.5. The van der Waals surface area contributed by atoms with Crippen LogP contribution in [0.5, 0.6) is 0 Å². The monoisotopic (exact) mass is 298 g/mol. The fourth-order valence-electron chi connectivity index (χ4n) is 2.59. The number of hydrogen-bond donors (Lipinski definition) is 2. The Balaban J connectivity index is 0.00000200. The van der Waals surface area contributed by atoms with Gasteiger partial charge in [0.05, 0.1) is 0 Å². The van der Waals surface area contributed by atoms with Gasteiger partial charge in [-0.15, -0.1) is 12.4 Å². The molecular formula is C14H19ClN2O3. The molecular weight excluding hydrogens is 280 g/mol. The summed E-state index contributed by atoms with van der Waals surface area (Å²) in [4.78, 5) is 24.5. The molecule has 1 heterocycles. The van der Waals surface area contributed by atoms with Crippen LogP contribution in [-0.2, 0) is 9.59 Å². The summed E-state index contributed by atoms with van der Waals surface area (Å²) in [5, 5.41) is 9.42. The summed E-state index contributed by atoms with van der Waals surface area (Å²) >= 11 is 0. The molecule has 1 aliphatic rings. The molecule has 0 aromatic heterocycles. The van der Waals surface area contributed by atoms with Gasteiger partial charge in [0.2, 0.25) is 5.91 Å². The van der Waals surface area contributed by atoms with Crippen molar-refractivity contribution in [3.05, 3.63) is 35.9 Å². The zero-order chi connectivity index (χ0) is 13.8. The number of piperidine rings is 1. The number of hydrogen-bond acceptors (Lipinski definition) is 3. The first kappa shape index (κ1) is 16.5. The first-order valence-electron chi connectivity index (χ1n) is 6.40. The van der Waals surface area contributed by atoms with E-state index < -0.39 is 12.0 Å². The molecule has 0 radical (unpaired) electrons. The summed E-state index contributed by atoms with van der Waals surface area (Å²) in [6, 6.07) is 8.53. The van der Waals surface area contributed by atoms with E-state index in [9.17, 15) is 14.7 Å². The summed E-state index contributed by atoms with van der Waals surface area (Å²) in [5.74, 6) is -1.27. The molecule has 110 valence electrons. The predicted octanol–water partition coefficient (Wildman–Crippen LogP) is 1.43. The van der Waals surface area contributed by atoms with Crippen LogP contribution in [0, 0.1) is 5.92 Å². The number of benzene rings is 1. The Morgan fingerprint density at radius 1 is 1.20 bits per heavy atom. The number of aliphatic carboxylic acids is 1. The van der Waals surface area contributed by atoms with Gasteiger partial charge in [-0.3, -0.25) is 14.5 Å². The van der Waals surface area contributed by atoms with E-state index in [2.05, 4.69) is 0 Å². The highest BCUT2D eigenvalue weighted by atomic mass is 35.5. The van der Waals surface area contributed by atoms with E-state index in [0.717, 1.165) is 5.56 Å².